The van der Waals surface area contributed by atoms with Gasteiger partial charge in [0, 0.05) is 0 Å². The first kappa shape index (κ1) is 12.4. The molecule has 0 radical (unpaired) electrons. The quantitative estimate of drug-likeness (QED) is 0.834. The van der Waals surface area contributed by atoms with E-state index in [-0.39, 0.29) is 6.42 Å². The molecule has 0 heterocycles. The molecule has 1 rings (SSSR count). The zero-order chi connectivity index (χ0) is 12.2. The largest absolute Gasteiger partial charge is 0.497 e. The highest BCUT2D eigenvalue weighted by Gasteiger charge is 2.23. The summed E-state index contributed by atoms with van der Waals surface area (Å²) in [6.45, 7) is 3.48. The van der Waals surface area contributed by atoms with Gasteiger partial charge in [0.15, 0.2) is 0 Å². The maximum absolute atomic E-state index is 10.6. The van der Waals surface area contributed by atoms with Crippen molar-refractivity contribution in [3.8, 4) is 11.5 Å². The SMILES string of the molecule is COc1ccc(OC(C)(C)CC(=O)O)cc1. The minimum atomic E-state index is -0.876. The van der Waals surface area contributed by atoms with E-state index < -0.39 is 11.6 Å². The van der Waals surface area contributed by atoms with Crippen LogP contribution in [0.4, 0.5) is 0 Å². The van der Waals surface area contributed by atoms with Crippen molar-refractivity contribution in [2.75, 3.05) is 7.11 Å². The Balaban J connectivity index is 2.68. The van der Waals surface area contributed by atoms with Gasteiger partial charge < -0.3 is 14.6 Å². The van der Waals surface area contributed by atoms with Crippen LogP contribution < -0.4 is 9.47 Å². The first-order valence-electron chi connectivity index (χ1n) is 4.98. The lowest BCUT2D eigenvalue weighted by atomic mass is 10.1. The molecular formula is C12H16O4. The summed E-state index contributed by atoms with van der Waals surface area (Å²) in [6, 6.07) is 7.04. The molecule has 0 saturated heterocycles. The van der Waals surface area contributed by atoms with E-state index in [2.05, 4.69) is 0 Å². The number of hydrogen-bond acceptors (Lipinski definition) is 3. The number of aliphatic carboxylic acids is 1. The van der Waals surface area contributed by atoms with Crippen molar-refractivity contribution < 1.29 is 19.4 Å². The molecule has 0 aliphatic carbocycles. The third kappa shape index (κ3) is 3.81. The van der Waals surface area contributed by atoms with E-state index in [0.717, 1.165) is 5.75 Å². The van der Waals surface area contributed by atoms with Gasteiger partial charge in [0.1, 0.15) is 17.1 Å². The summed E-state index contributed by atoms with van der Waals surface area (Å²) in [5, 5.41) is 8.71. The fraction of sp³-hybridized carbons (Fsp3) is 0.417. The lowest BCUT2D eigenvalue weighted by molar-refractivity contribution is -0.140. The van der Waals surface area contributed by atoms with Gasteiger partial charge in [-0.15, -0.1) is 0 Å². The number of methoxy groups -OCH3 is 1. The number of carbonyl (C=O) groups is 1. The Labute approximate surface area is 94.8 Å². The molecular weight excluding hydrogens is 208 g/mol. The Morgan fingerprint density at radius 2 is 1.75 bits per heavy atom. The lowest BCUT2D eigenvalue weighted by Gasteiger charge is -2.24. The van der Waals surface area contributed by atoms with Crippen LogP contribution in [0.15, 0.2) is 24.3 Å². The van der Waals surface area contributed by atoms with Crippen LogP contribution in [-0.4, -0.2) is 23.8 Å². The van der Waals surface area contributed by atoms with Crippen molar-refractivity contribution >= 4 is 5.97 Å². The average molecular weight is 224 g/mol. The molecule has 0 aliphatic heterocycles. The van der Waals surface area contributed by atoms with Crippen molar-refractivity contribution in [2.24, 2.45) is 0 Å². The zero-order valence-electron chi connectivity index (χ0n) is 9.69. The molecule has 0 atom stereocenters. The number of rotatable bonds is 5. The van der Waals surface area contributed by atoms with Crippen LogP contribution in [-0.2, 0) is 4.79 Å². The summed E-state index contributed by atoms with van der Waals surface area (Å²) >= 11 is 0. The van der Waals surface area contributed by atoms with Crippen LogP contribution in [0, 0.1) is 0 Å². The molecule has 16 heavy (non-hydrogen) atoms. The number of hydrogen-bond donors (Lipinski definition) is 1. The van der Waals surface area contributed by atoms with E-state index >= 15 is 0 Å². The van der Waals surface area contributed by atoms with Crippen molar-refractivity contribution in [3.05, 3.63) is 24.3 Å². The molecule has 1 aromatic carbocycles. The second-order valence-electron chi connectivity index (χ2n) is 4.11. The molecule has 0 unspecified atom stereocenters. The molecule has 0 aliphatic rings. The van der Waals surface area contributed by atoms with E-state index in [1.54, 1.807) is 45.2 Å². The van der Waals surface area contributed by atoms with Crippen LogP contribution in [0.1, 0.15) is 20.3 Å². The van der Waals surface area contributed by atoms with E-state index in [1.807, 2.05) is 0 Å². The van der Waals surface area contributed by atoms with E-state index in [1.165, 1.54) is 0 Å². The highest BCUT2D eigenvalue weighted by molar-refractivity contribution is 5.68. The summed E-state index contributed by atoms with van der Waals surface area (Å²) in [5.74, 6) is 0.494. The van der Waals surface area contributed by atoms with Crippen LogP contribution in [0.2, 0.25) is 0 Å². The third-order valence-corrected chi connectivity index (χ3v) is 2.03. The van der Waals surface area contributed by atoms with Gasteiger partial charge in [-0.3, -0.25) is 4.79 Å². The number of ether oxygens (including phenoxy) is 2. The Kier molecular flexibility index (Phi) is 3.77. The zero-order valence-corrected chi connectivity index (χ0v) is 9.69. The van der Waals surface area contributed by atoms with Gasteiger partial charge in [0.05, 0.1) is 13.5 Å². The van der Waals surface area contributed by atoms with Gasteiger partial charge in [0.2, 0.25) is 0 Å². The van der Waals surface area contributed by atoms with Gasteiger partial charge >= 0.3 is 5.97 Å². The average Bonchev–Trinajstić information content (AvgIpc) is 2.16. The van der Waals surface area contributed by atoms with E-state index in [0.29, 0.717) is 5.75 Å². The monoisotopic (exact) mass is 224 g/mol. The molecule has 88 valence electrons. The third-order valence-electron chi connectivity index (χ3n) is 2.03. The fourth-order valence-electron chi connectivity index (χ4n) is 1.36. The summed E-state index contributed by atoms with van der Waals surface area (Å²) in [7, 11) is 1.59. The minimum absolute atomic E-state index is 0.0426. The van der Waals surface area contributed by atoms with Gasteiger partial charge in [0.25, 0.3) is 0 Å². The molecule has 0 spiro atoms. The molecule has 0 bridgehead atoms. The molecule has 0 amide bonds. The number of carboxylic acid groups (broad SMARTS) is 1. The molecule has 4 heteroatoms. The van der Waals surface area contributed by atoms with Crippen LogP contribution in [0.25, 0.3) is 0 Å². The van der Waals surface area contributed by atoms with E-state index in [4.69, 9.17) is 14.6 Å². The van der Waals surface area contributed by atoms with Gasteiger partial charge in [-0.25, -0.2) is 0 Å². The van der Waals surface area contributed by atoms with Crippen molar-refractivity contribution in [1.82, 2.24) is 0 Å². The Bertz CT molecular complexity index is 354. The van der Waals surface area contributed by atoms with Crippen molar-refractivity contribution in [3.63, 3.8) is 0 Å². The van der Waals surface area contributed by atoms with Crippen LogP contribution in [0.3, 0.4) is 0 Å². The van der Waals surface area contributed by atoms with Crippen molar-refractivity contribution in [2.45, 2.75) is 25.9 Å². The number of carboxylic acids is 1. The molecule has 1 aromatic rings. The Hall–Kier alpha value is -1.71. The Morgan fingerprint density at radius 3 is 2.19 bits per heavy atom. The summed E-state index contributed by atoms with van der Waals surface area (Å²) in [4.78, 5) is 10.6. The molecule has 0 saturated carbocycles. The predicted molar refractivity (Wildman–Crippen MR) is 60.0 cm³/mol. The van der Waals surface area contributed by atoms with Gasteiger partial charge in [-0.2, -0.15) is 0 Å². The molecule has 4 nitrogen and oxygen atoms in total. The minimum Gasteiger partial charge on any atom is -0.497 e. The van der Waals surface area contributed by atoms with E-state index in [9.17, 15) is 4.79 Å². The van der Waals surface area contributed by atoms with Crippen LogP contribution in [0.5, 0.6) is 11.5 Å². The molecule has 0 aromatic heterocycles. The normalized spacial score (nSPS) is 10.9. The topological polar surface area (TPSA) is 55.8 Å². The standard InChI is InChI=1S/C12H16O4/c1-12(2,8-11(13)14)16-10-6-4-9(15-3)5-7-10/h4-7H,8H2,1-3H3,(H,13,14). The summed E-state index contributed by atoms with van der Waals surface area (Å²) in [6.07, 6.45) is -0.0426. The first-order chi connectivity index (χ1) is 7.43. The summed E-state index contributed by atoms with van der Waals surface area (Å²) < 4.78 is 10.6. The maximum atomic E-state index is 10.6. The highest BCUT2D eigenvalue weighted by Crippen LogP contribution is 2.23. The smallest absolute Gasteiger partial charge is 0.307 e. The second-order valence-corrected chi connectivity index (χ2v) is 4.11. The Morgan fingerprint density at radius 1 is 1.25 bits per heavy atom. The van der Waals surface area contributed by atoms with Gasteiger partial charge in [-0.1, -0.05) is 0 Å². The maximum Gasteiger partial charge on any atom is 0.307 e. The summed E-state index contributed by atoms with van der Waals surface area (Å²) in [5.41, 5.74) is -0.722. The van der Waals surface area contributed by atoms with Crippen molar-refractivity contribution in [1.29, 1.82) is 0 Å². The predicted octanol–water partition coefficient (Wildman–Crippen LogP) is 2.33. The molecule has 0 fully saturated rings. The number of benzene rings is 1. The molecule has 1 N–H and O–H groups in total. The fourth-order valence-corrected chi connectivity index (χ4v) is 1.36. The second kappa shape index (κ2) is 4.88. The van der Waals surface area contributed by atoms with Gasteiger partial charge in [-0.05, 0) is 38.1 Å². The van der Waals surface area contributed by atoms with Crippen LogP contribution >= 0.6 is 0 Å². The lowest BCUT2D eigenvalue weighted by Crippen LogP contribution is -2.31. The first-order valence-corrected chi connectivity index (χ1v) is 4.98. The highest BCUT2D eigenvalue weighted by atomic mass is 16.5.